The van der Waals surface area contributed by atoms with Crippen molar-refractivity contribution in [1.82, 2.24) is 20.4 Å². The third-order valence-corrected chi connectivity index (χ3v) is 7.75. The fraction of sp³-hybridized carbons (Fsp3) is 0.621. The summed E-state index contributed by atoms with van der Waals surface area (Å²) in [7, 11) is 1.75. The van der Waals surface area contributed by atoms with Gasteiger partial charge in [0.1, 0.15) is 0 Å². The molecule has 1 aromatic heterocycles. The van der Waals surface area contributed by atoms with Gasteiger partial charge in [-0.05, 0) is 66.7 Å². The Balaban J connectivity index is 1.32. The molecule has 36 heavy (non-hydrogen) atoms. The lowest BCUT2D eigenvalue weighted by atomic mass is 9.86. The Labute approximate surface area is 216 Å². The first kappa shape index (κ1) is 26.7. The number of hydrogen-bond donors (Lipinski definition) is 1. The summed E-state index contributed by atoms with van der Waals surface area (Å²) in [6.07, 6.45) is 6.47. The standard InChI is InChI=1S/C29H42N4O3/c1-20-22(9-6-21-7-10-23(11-8-21)29(2,3)4)18-30-32-27(20)28(34)33-15-12-24(13-16-33)31-25-14-17-36-19-26(25)35-5/h7-8,10-11,18,24-26,31H,6,9,12-17,19H2,1-5H3. The van der Waals surface area contributed by atoms with Crippen molar-refractivity contribution < 1.29 is 14.3 Å². The molecule has 4 rings (SSSR count). The highest BCUT2D eigenvalue weighted by atomic mass is 16.5. The summed E-state index contributed by atoms with van der Waals surface area (Å²) < 4.78 is 11.1. The molecule has 2 unspecified atom stereocenters. The molecule has 0 aliphatic carbocycles. The van der Waals surface area contributed by atoms with E-state index in [9.17, 15) is 4.79 Å². The van der Waals surface area contributed by atoms with Crippen LogP contribution in [0.25, 0.3) is 0 Å². The van der Waals surface area contributed by atoms with Crippen molar-refractivity contribution in [1.29, 1.82) is 0 Å². The first-order valence-corrected chi connectivity index (χ1v) is 13.3. The van der Waals surface area contributed by atoms with Gasteiger partial charge in [-0.1, -0.05) is 45.0 Å². The van der Waals surface area contributed by atoms with Crippen LogP contribution in [0, 0.1) is 6.92 Å². The van der Waals surface area contributed by atoms with Gasteiger partial charge in [-0.15, -0.1) is 5.10 Å². The maximum atomic E-state index is 13.3. The zero-order valence-electron chi connectivity index (χ0n) is 22.5. The fourth-order valence-electron chi connectivity index (χ4n) is 5.22. The number of benzene rings is 1. The number of carbonyl (C=O) groups is 1. The molecule has 2 aliphatic heterocycles. The largest absolute Gasteiger partial charge is 0.379 e. The summed E-state index contributed by atoms with van der Waals surface area (Å²) in [5, 5.41) is 12.2. The second-order valence-corrected chi connectivity index (χ2v) is 11.3. The van der Waals surface area contributed by atoms with Crippen LogP contribution in [-0.2, 0) is 27.7 Å². The van der Waals surface area contributed by atoms with Crippen molar-refractivity contribution in [2.75, 3.05) is 33.4 Å². The smallest absolute Gasteiger partial charge is 0.274 e. The fourth-order valence-corrected chi connectivity index (χ4v) is 5.22. The van der Waals surface area contributed by atoms with E-state index in [1.54, 1.807) is 7.11 Å². The highest BCUT2D eigenvalue weighted by Crippen LogP contribution is 2.23. The SMILES string of the molecule is COC1COCCC1NC1CCN(C(=O)c2nncc(CCc3ccc(C(C)(C)C)cc3)c2C)CC1. The highest BCUT2D eigenvalue weighted by Gasteiger charge is 2.31. The van der Waals surface area contributed by atoms with Crippen molar-refractivity contribution in [3.05, 3.63) is 58.4 Å². The Bertz CT molecular complexity index is 1010. The Morgan fingerprint density at radius 2 is 1.86 bits per heavy atom. The number of aryl methyl sites for hydroxylation is 2. The molecule has 0 saturated carbocycles. The van der Waals surface area contributed by atoms with Crippen LogP contribution in [-0.4, -0.2) is 72.6 Å². The molecule has 1 aromatic carbocycles. The van der Waals surface area contributed by atoms with E-state index < -0.39 is 0 Å². The molecule has 7 nitrogen and oxygen atoms in total. The third kappa shape index (κ3) is 6.50. The van der Waals surface area contributed by atoms with Crippen LogP contribution in [0.3, 0.4) is 0 Å². The van der Waals surface area contributed by atoms with Crippen molar-refractivity contribution in [3.8, 4) is 0 Å². The van der Waals surface area contributed by atoms with Gasteiger partial charge < -0.3 is 19.7 Å². The summed E-state index contributed by atoms with van der Waals surface area (Å²) in [4.78, 5) is 15.3. The minimum Gasteiger partial charge on any atom is -0.379 e. The lowest BCUT2D eigenvalue weighted by molar-refractivity contribution is -0.0533. The lowest BCUT2D eigenvalue weighted by Gasteiger charge is -2.38. The zero-order valence-corrected chi connectivity index (χ0v) is 22.5. The number of amides is 1. The molecule has 2 aromatic rings. The van der Waals surface area contributed by atoms with Crippen LogP contribution in [0.5, 0.6) is 0 Å². The van der Waals surface area contributed by atoms with Crippen LogP contribution in [0.1, 0.15) is 72.8 Å². The molecule has 2 aliphatic rings. The molecular weight excluding hydrogens is 452 g/mol. The minimum atomic E-state index is -0.00401. The number of nitrogens with one attached hydrogen (secondary N) is 1. The van der Waals surface area contributed by atoms with E-state index in [4.69, 9.17) is 9.47 Å². The van der Waals surface area contributed by atoms with E-state index in [0.717, 1.165) is 62.9 Å². The number of nitrogens with zero attached hydrogens (tertiary/aromatic N) is 3. The van der Waals surface area contributed by atoms with Crippen molar-refractivity contribution in [3.63, 3.8) is 0 Å². The van der Waals surface area contributed by atoms with E-state index in [-0.39, 0.29) is 17.4 Å². The van der Waals surface area contributed by atoms with Crippen molar-refractivity contribution in [2.24, 2.45) is 0 Å². The monoisotopic (exact) mass is 494 g/mol. The maximum absolute atomic E-state index is 13.3. The molecule has 0 spiro atoms. The van der Waals surface area contributed by atoms with Crippen LogP contribution in [0.2, 0.25) is 0 Å². The second-order valence-electron chi connectivity index (χ2n) is 11.3. The van der Waals surface area contributed by atoms with Gasteiger partial charge in [0.15, 0.2) is 5.69 Å². The summed E-state index contributed by atoms with van der Waals surface area (Å²) in [6.45, 7) is 11.6. The first-order chi connectivity index (χ1) is 17.3. The predicted molar refractivity (Wildman–Crippen MR) is 141 cm³/mol. The van der Waals surface area contributed by atoms with Gasteiger partial charge in [0, 0.05) is 38.9 Å². The summed E-state index contributed by atoms with van der Waals surface area (Å²) in [6, 6.07) is 9.56. The van der Waals surface area contributed by atoms with Gasteiger partial charge in [-0.25, -0.2) is 0 Å². The maximum Gasteiger partial charge on any atom is 0.274 e. The van der Waals surface area contributed by atoms with Gasteiger partial charge >= 0.3 is 0 Å². The molecule has 3 heterocycles. The van der Waals surface area contributed by atoms with Crippen LogP contribution >= 0.6 is 0 Å². The molecule has 1 amide bonds. The normalized spacial score (nSPS) is 21.5. The predicted octanol–water partition coefficient (Wildman–Crippen LogP) is 3.87. The Morgan fingerprint density at radius 1 is 1.14 bits per heavy atom. The van der Waals surface area contributed by atoms with E-state index in [0.29, 0.717) is 24.4 Å². The molecule has 2 fully saturated rings. The molecule has 1 N–H and O–H groups in total. The van der Waals surface area contributed by atoms with E-state index in [1.807, 2.05) is 18.0 Å². The average Bonchev–Trinajstić information content (AvgIpc) is 2.88. The number of carbonyl (C=O) groups excluding carboxylic acids is 1. The molecule has 7 heteroatoms. The number of piperidine rings is 1. The average molecular weight is 495 g/mol. The Morgan fingerprint density at radius 3 is 2.53 bits per heavy atom. The number of methoxy groups -OCH3 is 1. The van der Waals surface area contributed by atoms with Gasteiger partial charge in [0.05, 0.1) is 18.9 Å². The van der Waals surface area contributed by atoms with Crippen LogP contribution in [0.15, 0.2) is 30.5 Å². The minimum absolute atomic E-state index is 0.00401. The highest BCUT2D eigenvalue weighted by molar-refractivity contribution is 5.93. The number of aromatic nitrogens is 2. The third-order valence-electron chi connectivity index (χ3n) is 7.75. The van der Waals surface area contributed by atoms with Crippen LogP contribution < -0.4 is 5.32 Å². The molecule has 196 valence electrons. The van der Waals surface area contributed by atoms with Gasteiger partial charge in [-0.3, -0.25) is 4.79 Å². The molecule has 2 atom stereocenters. The quantitative estimate of drug-likeness (QED) is 0.630. The summed E-state index contributed by atoms with van der Waals surface area (Å²) in [5.41, 5.74) is 5.32. The molecule has 2 saturated heterocycles. The second kappa shape index (κ2) is 11.8. The van der Waals surface area contributed by atoms with E-state index in [1.165, 1.54) is 11.1 Å². The van der Waals surface area contributed by atoms with Gasteiger partial charge in [0.2, 0.25) is 0 Å². The number of rotatable bonds is 7. The van der Waals surface area contributed by atoms with E-state index in [2.05, 4.69) is 60.6 Å². The lowest BCUT2D eigenvalue weighted by Crippen LogP contribution is -2.54. The van der Waals surface area contributed by atoms with Gasteiger partial charge in [-0.2, -0.15) is 5.10 Å². The van der Waals surface area contributed by atoms with Crippen molar-refractivity contribution in [2.45, 2.75) is 83.4 Å². The number of ether oxygens (including phenoxy) is 2. The number of hydrogen-bond acceptors (Lipinski definition) is 6. The van der Waals surface area contributed by atoms with Gasteiger partial charge in [0.25, 0.3) is 5.91 Å². The first-order valence-electron chi connectivity index (χ1n) is 13.3. The Kier molecular flexibility index (Phi) is 8.75. The van der Waals surface area contributed by atoms with E-state index >= 15 is 0 Å². The molecular formula is C29H42N4O3. The molecule has 0 radical (unpaired) electrons. The summed E-state index contributed by atoms with van der Waals surface area (Å²) in [5.74, 6) is -0.00401. The molecule has 0 bridgehead atoms. The zero-order chi connectivity index (χ0) is 25.7. The topological polar surface area (TPSA) is 76.6 Å². The summed E-state index contributed by atoms with van der Waals surface area (Å²) >= 11 is 0. The number of likely N-dealkylation sites (tertiary alicyclic amines) is 1. The van der Waals surface area contributed by atoms with Crippen LogP contribution in [0.4, 0.5) is 0 Å². The van der Waals surface area contributed by atoms with Crippen molar-refractivity contribution >= 4 is 5.91 Å². The Hall–Kier alpha value is -2.35.